The first-order chi connectivity index (χ1) is 4.38. The highest BCUT2D eigenvalue weighted by atomic mass is 32.1. The van der Waals surface area contributed by atoms with E-state index in [1.807, 2.05) is 11.4 Å². The predicted molar refractivity (Wildman–Crippen MR) is 39.8 cm³/mol. The molecule has 1 aromatic rings. The molecular weight excluding hydrogens is 132 g/mol. The smallest absolute Gasteiger partial charge is 0.160 e. The zero-order valence-corrected chi connectivity index (χ0v) is 5.65. The van der Waals surface area contributed by atoms with Gasteiger partial charge in [0.2, 0.25) is 0 Å². The van der Waals surface area contributed by atoms with Crippen molar-refractivity contribution in [3.8, 4) is 0 Å². The zero-order chi connectivity index (χ0) is 6.69. The van der Waals surface area contributed by atoms with Gasteiger partial charge in [-0.1, -0.05) is 12.7 Å². The van der Waals surface area contributed by atoms with E-state index in [0.717, 1.165) is 16.7 Å². The van der Waals surface area contributed by atoms with E-state index in [1.54, 1.807) is 6.08 Å². The Bertz CT molecular complexity index is 202. The van der Waals surface area contributed by atoms with Crippen LogP contribution in [0.5, 0.6) is 0 Å². The molecule has 0 spiro atoms. The number of thiophene rings is 1. The van der Waals surface area contributed by atoms with E-state index in [1.165, 1.54) is 11.3 Å². The lowest BCUT2D eigenvalue weighted by Gasteiger charge is -1.82. The van der Waals surface area contributed by atoms with Crippen LogP contribution in [-0.2, 0) is 0 Å². The minimum absolute atomic E-state index is 0.755. The van der Waals surface area contributed by atoms with Gasteiger partial charge in [0.05, 0.1) is 4.88 Å². The van der Waals surface area contributed by atoms with E-state index in [0.29, 0.717) is 0 Å². The van der Waals surface area contributed by atoms with Gasteiger partial charge in [-0.15, -0.1) is 11.3 Å². The van der Waals surface area contributed by atoms with Crippen molar-refractivity contribution in [1.82, 2.24) is 0 Å². The molecule has 0 bridgehead atoms. The van der Waals surface area contributed by atoms with Gasteiger partial charge in [-0.25, -0.2) is 0 Å². The largest absolute Gasteiger partial charge is 0.297 e. The topological polar surface area (TPSA) is 17.1 Å². The summed E-state index contributed by atoms with van der Waals surface area (Å²) >= 11 is 1.43. The summed E-state index contributed by atoms with van der Waals surface area (Å²) in [5, 5.41) is 1.88. The summed E-state index contributed by atoms with van der Waals surface area (Å²) in [6.45, 7) is 3.56. The lowest BCUT2D eigenvalue weighted by atomic mass is 10.3. The third-order valence-corrected chi connectivity index (χ3v) is 1.91. The number of rotatable bonds is 2. The van der Waals surface area contributed by atoms with Crippen molar-refractivity contribution in [2.45, 2.75) is 0 Å². The van der Waals surface area contributed by atoms with Crippen molar-refractivity contribution in [2.75, 3.05) is 0 Å². The van der Waals surface area contributed by atoms with Crippen LogP contribution in [0, 0.1) is 0 Å². The molecule has 0 aliphatic rings. The molecule has 1 nitrogen and oxygen atoms in total. The van der Waals surface area contributed by atoms with Gasteiger partial charge in [0.1, 0.15) is 0 Å². The van der Waals surface area contributed by atoms with Gasteiger partial charge >= 0.3 is 0 Å². The Hall–Kier alpha value is -0.890. The summed E-state index contributed by atoms with van der Waals surface area (Å²) in [7, 11) is 0. The molecule has 0 saturated heterocycles. The van der Waals surface area contributed by atoms with Crippen molar-refractivity contribution in [1.29, 1.82) is 0 Å². The quantitative estimate of drug-likeness (QED) is 0.572. The van der Waals surface area contributed by atoms with Gasteiger partial charge in [-0.3, -0.25) is 4.79 Å². The van der Waals surface area contributed by atoms with Gasteiger partial charge in [0.15, 0.2) is 6.29 Å². The highest BCUT2D eigenvalue weighted by Crippen LogP contribution is 2.14. The number of hydrogen-bond donors (Lipinski definition) is 0. The third kappa shape index (κ3) is 1.08. The van der Waals surface area contributed by atoms with Crippen LogP contribution in [0.15, 0.2) is 18.0 Å². The molecule has 0 amide bonds. The lowest BCUT2D eigenvalue weighted by Crippen LogP contribution is -1.72. The summed E-state index contributed by atoms with van der Waals surface area (Å²) in [6.07, 6.45) is 2.53. The first-order valence-electron chi connectivity index (χ1n) is 2.53. The molecule has 1 rings (SSSR count). The minimum atomic E-state index is 0.755. The average Bonchev–Trinajstić information content (AvgIpc) is 2.33. The fourth-order valence-corrected chi connectivity index (χ4v) is 1.30. The Morgan fingerprint density at radius 3 is 2.89 bits per heavy atom. The van der Waals surface area contributed by atoms with Gasteiger partial charge in [0.25, 0.3) is 0 Å². The first-order valence-corrected chi connectivity index (χ1v) is 3.41. The first kappa shape index (κ1) is 6.23. The molecule has 0 aromatic carbocycles. The van der Waals surface area contributed by atoms with E-state index in [4.69, 9.17) is 0 Å². The maximum absolute atomic E-state index is 10.2. The van der Waals surface area contributed by atoms with Crippen LogP contribution >= 0.6 is 11.3 Å². The van der Waals surface area contributed by atoms with Crippen molar-refractivity contribution < 1.29 is 4.79 Å². The van der Waals surface area contributed by atoms with Crippen LogP contribution < -0.4 is 0 Å². The molecule has 9 heavy (non-hydrogen) atoms. The average molecular weight is 138 g/mol. The van der Waals surface area contributed by atoms with Crippen molar-refractivity contribution >= 4 is 23.7 Å². The highest BCUT2D eigenvalue weighted by Gasteiger charge is 1.95. The van der Waals surface area contributed by atoms with Gasteiger partial charge in [-0.05, 0) is 17.0 Å². The molecule has 1 aromatic heterocycles. The molecule has 0 unspecified atom stereocenters. The molecule has 0 radical (unpaired) electrons. The van der Waals surface area contributed by atoms with Crippen molar-refractivity contribution in [3.05, 3.63) is 28.5 Å². The maximum atomic E-state index is 10.2. The lowest BCUT2D eigenvalue weighted by molar-refractivity contribution is 0.112. The van der Waals surface area contributed by atoms with Crippen LogP contribution in [0.4, 0.5) is 0 Å². The summed E-state index contributed by atoms with van der Waals surface area (Å²) < 4.78 is 0. The SMILES string of the molecule is C=Cc1ccsc1C=O. The molecule has 0 fully saturated rings. The summed E-state index contributed by atoms with van der Waals surface area (Å²) in [4.78, 5) is 11.0. The normalized spacial score (nSPS) is 8.89. The van der Waals surface area contributed by atoms with Gasteiger partial charge < -0.3 is 0 Å². The number of carbonyl (C=O) groups is 1. The minimum Gasteiger partial charge on any atom is -0.297 e. The van der Waals surface area contributed by atoms with E-state index >= 15 is 0 Å². The summed E-state index contributed by atoms with van der Waals surface area (Å²) in [5.74, 6) is 0. The molecule has 0 aliphatic heterocycles. The fraction of sp³-hybridized carbons (Fsp3) is 0. The maximum Gasteiger partial charge on any atom is 0.160 e. The van der Waals surface area contributed by atoms with E-state index in [-0.39, 0.29) is 0 Å². The zero-order valence-electron chi connectivity index (χ0n) is 4.83. The Kier molecular flexibility index (Phi) is 1.80. The molecule has 2 heteroatoms. The second-order valence-electron chi connectivity index (χ2n) is 1.56. The van der Waals surface area contributed by atoms with Crippen molar-refractivity contribution in [2.24, 2.45) is 0 Å². The number of aldehydes is 1. The molecule has 0 atom stereocenters. The Balaban J connectivity index is 3.12. The van der Waals surface area contributed by atoms with Crippen LogP contribution in [0.3, 0.4) is 0 Å². The molecule has 46 valence electrons. The van der Waals surface area contributed by atoms with Gasteiger partial charge in [-0.2, -0.15) is 0 Å². The van der Waals surface area contributed by atoms with Crippen molar-refractivity contribution in [3.63, 3.8) is 0 Å². The second-order valence-corrected chi connectivity index (χ2v) is 2.51. The van der Waals surface area contributed by atoms with Gasteiger partial charge in [0, 0.05) is 0 Å². The van der Waals surface area contributed by atoms with E-state index < -0.39 is 0 Å². The standard InChI is InChI=1S/C7H6OS/c1-2-6-3-4-9-7(6)5-8/h2-5H,1H2. The third-order valence-electron chi connectivity index (χ3n) is 1.05. The fourth-order valence-electron chi connectivity index (χ4n) is 0.595. The monoisotopic (exact) mass is 138 g/mol. The van der Waals surface area contributed by atoms with Crippen LogP contribution in [-0.4, -0.2) is 6.29 Å². The predicted octanol–water partition coefficient (Wildman–Crippen LogP) is 2.20. The molecular formula is C7H6OS. The second kappa shape index (κ2) is 2.60. The highest BCUT2D eigenvalue weighted by molar-refractivity contribution is 7.11. The Morgan fingerprint density at radius 1 is 1.67 bits per heavy atom. The Morgan fingerprint density at radius 2 is 2.44 bits per heavy atom. The van der Waals surface area contributed by atoms with Crippen LogP contribution in [0.1, 0.15) is 15.2 Å². The van der Waals surface area contributed by atoms with Crippen LogP contribution in [0.2, 0.25) is 0 Å². The summed E-state index contributed by atoms with van der Waals surface area (Å²) in [5.41, 5.74) is 0.926. The van der Waals surface area contributed by atoms with E-state index in [2.05, 4.69) is 6.58 Å². The number of hydrogen-bond acceptors (Lipinski definition) is 2. The molecule has 1 heterocycles. The summed E-state index contributed by atoms with van der Waals surface area (Å²) in [6, 6.07) is 1.88. The van der Waals surface area contributed by atoms with Crippen LogP contribution in [0.25, 0.3) is 6.08 Å². The number of carbonyl (C=O) groups excluding carboxylic acids is 1. The molecule has 0 aliphatic carbocycles. The Labute approximate surface area is 57.6 Å². The molecule has 0 saturated carbocycles. The molecule has 0 N–H and O–H groups in total. The van der Waals surface area contributed by atoms with E-state index in [9.17, 15) is 4.79 Å².